The number of carbonyl (C=O) groups is 1. The fourth-order valence-corrected chi connectivity index (χ4v) is 5.73. The molecule has 39 heavy (non-hydrogen) atoms. The number of nitrogens with zero attached hydrogens (tertiary/aromatic N) is 3. The molecule has 1 aliphatic rings. The topological polar surface area (TPSA) is 120 Å². The van der Waals surface area contributed by atoms with Crippen LogP contribution in [0.2, 0.25) is 0 Å². The molecule has 5 rings (SSSR count). The monoisotopic (exact) mass is 553 g/mol. The highest BCUT2D eigenvalue weighted by Gasteiger charge is 2.39. The van der Waals surface area contributed by atoms with Crippen LogP contribution in [0, 0.1) is 5.82 Å². The van der Waals surface area contributed by atoms with E-state index in [0.29, 0.717) is 42.4 Å². The van der Waals surface area contributed by atoms with Gasteiger partial charge in [0.25, 0.3) is 0 Å². The summed E-state index contributed by atoms with van der Waals surface area (Å²) >= 11 is 0. The molecule has 0 bridgehead atoms. The van der Waals surface area contributed by atoms with Crippen molar-refractivity contribution in [3.63, 3.8) is 0 Å². The number of ether oxygens (including phenoxy) is 3. The molecule has 0 radical (unpaired) electrons. The number of benzene rings is 3. The average molecular weight is 554 g/mol. The number of halogens is 1. The summed E-state index contributed by atoms with van der Waals surface area (Å²) in [5, 5.41) is 9.38. The molecule has 4 aromatic rings. The molecule has 0 spiro atoms. The van der Waals surface area contributed by atoms with Crippen molar-refractivity contribution >= 4 is 16.2 Å². The maximum Gasteiger partial charge on any atom is 0.507 e. The van der Waals surface area contributed by atoms with Crippen LogP contribution in [-0.4, -0.2) is 46.7 Å². The Morgan fingerprint density at radius 3 is 2.38 bits per heavy atom. The SMILES string of the molecule is O=C(O)OC1c2ccc(OCCn3ccnc3)cc2CCN1S(=O)(=O)c1ccc(Oc2ccc(F)cc2)cc1. The zero-order valence-electron chi connectivity index (χ0n) is 20.5. The summed E-state index contributed by atoms with van der Waals surface area (Å²) in [5.41, 5.74) is 1.15. The van der Waals surface area contributed by atoms with E-state index in [0.717, 1.165) is 9.87 Å². The van der Waals surface area contributed by atoms with Crippen LogP contribution in [0.1, 0.15) is 17.4 Å². The van der Waals surface area contributed by atoms with Crippen LogP contribution < -0.4 is 9.47 Å². The van der Waals surface area contributed by atoms with Gasteiger partial charge in [-0.3, -0.25) is 0 Å². The molecular formula is C27H24FN3O7S. The van der Waals surface area contributed by atoms with Gasteiger partial charge in [0.1, 0.15) is 29.7 Å². The largest absolute Gasteiger partial charge is 0.507 e. The van der Waals surface area contributed by atoms with Gasteiger partial charge in [0.2, 0.25) is 10.0 Å². The number of carboxylic acid groups (broad SMARTS) is 1. The maximum absolute atomic E-state index is 13.6. The summed E-state index contributed by atoms with van der Waals surface area (Å²) in [6, 6.07) is 16.1. The van der Waals surface area contributed by atoms with Crippen molar-refractivity contribution in [2.45, 2.75) is 24.1 Å². The van der Waals surface area contributed by atoms with Crippen LogP contribution in [0.5, 0.6) is 17.2 Å². The van der Waals surface area contributed by atoms with Crippen LogP contribution in [0.3, 0.4) is 0 Å². The van der Waals surface area contributed by atoms with Crippen molar-refractivity contribution in [2.75, 3.05) is 13.2 Å². The molecule has 3 aromatic carbocycles. The van der Waals surface area contributed by atoms with E-state index in [2.05, 4.69) is 4.98 Å². The summed E-state index contributed by atoms with van der Waals surface area (Å²) in [4.78, 5) is 15.5. The van der Waals surface area contributed by atoms with Crippen LogP contribution in [-0.2, 0) is 27.7 Å². The first-order valence-electron chi connectivity index (χ1n) is 12.0. The smallest absolute Gasteiger partial charge is 0.492 e. The third kappa shape index (κ3) is 6.02. The Morgan fingerprint density at radius 1 is 1.03 bits per heavy atom. The summed E-state index contributed by atoms with van der Waals surface area (Å²) in [6.07, 6.45) is 2.55. The predicted octanol–water partition coefficient (Wildman–Crippen LogP) is 4.83. The molecule has 0 amide bonds. The molecule has 1 atom stereocenters. The Hall–Kier alpha value is -4.42. The Kier molecular flexibility index (Phi) is 7.48. The average Bonchev–Trinajstić information content (AvgIpc) is 3.44. The van der Waals surface area contributed by atoms with E-state index >= 15 is 0 Å². The van der Waals surface area contributed by atoms with Crippen molar-refractivity contribution in [2.24, 2.45) is 0 Å². The summed E-state index contributed by atoms with van der Waals surface area (Å²) in [6.45, 7) is 0.993. The number of fused-ring (bicyclic) bond motifs is 1. The Bertz CT molecular complexity index is 1540. The van der Waals surface area contributed by atoms with Crippen LogP contribution in [0.25, 0.3) is 0 Å². The summed E-state index contributed by atoms with van der Waals surface area (Å²) in [7, 11) is -4.14. The molecule has 0 saturated heterocycles. The Labute approximate surface area is 223 Å². The van der Waals surface area contributed by atoms with E-state index in [1.165, 1.54) is 48.5 Å². The highest BCUT2D eigenvalue weighted by Crippen LogP contribution is 2.37. The van der Waals surface area contributed by atoms with Gasteiger partial charge in [-0.1, -0.05) is 0 Å². The Morgan fingerprint density at radius 2 is 1.72 bits per heavy atom. The fraction of sp³-hybridized carbons (Fsp3) is 0.185. The minimum Gasteiger partial charge on any atom is -0.492 e. The van der Waals surface area contributed by atoms with Crippen molar-refractivity contribution in [3.05, 3.63) is 102 Å². The molecule has 1 aliphatic heterocycles. The van der Waals surface area contributed by atoms with E-state index in [4.69, 9.17) is 14.2 Å². The van der Waals surface area contributed by atoms with Gasteiger partial charge >= 0.3 is 6.16 Å². The Balaban J connectivity index is 1.33. The van der Waals surface area contributed by atoms with Gasteiger partial charge < -0.3 is 23.9 Å². The minimum absolute atomic E-state index is 0.000396. The zero-order chi connectivity index (χ0) is 27.4. The van der Waals surface area contributed by atoms with E-state index in [-0.39, 0.29) is 11.4 Å². The highest BCUT2D eigenvalue weighted by molar-refractivity contribution is 7.89. The van der Waals surface area contributed by atoms with Crippen LogP contribution in [0.4, 0.5) is 9.18 Å². The van der Waals surface area contributed by atoms with Crippen molar-refractivity contribution < 1.29 is 36.9 Å². The van der Waals surface area contributed by atoms with Gasteiger partial charge in [-0.15, -0.1) is 0 Å². The number of rotatable bonds is 9. The maximum atomic E-state index is 13.6. The molecule has 2 heterocycles. The molecule has 1 unspecified atom stereocenters. The first kappa shape index (κ1) is 26.2. The third-order valence-corrected chi connectivity index (χ3v) is 7.97. The predicted molar refractivity (Wildman–Crippen MR) is 137 cm³/mol. The first-order valence-corrected chi connectivity index (χ1v) is 13.4. The van der Waals surface area contributed by atoms with E-state index in [1.54, 1.807) is 30.7 Å². The summed E-state index contributed by atoms with van der Waals surface area (Å²) in [5.74, 6) is 0.915. The van der Waals surface area contributed by atoms with Crippen molar-refractivity contribution in [1.82, 2.24) is 13.9 Å². The van der Waals surface area contributed by atoms with E-state index in [9.17, 15) is 22.7 Å². The molecule has 12 heteroatoms. The fourth-order valence-electron chi connectivity index (χ4n) is 4.24. The molecule has 0 saturated carbocycles. The first-order chi connectivity index (χ1) is 18.8. The van der Waals surface area contributed by atoms with E-state index in [1.807, 2.05) is 10.8 Å². The molecule has 1 N–H and O–H groups in total. The number of hydrogen-bond donors (Lipinski definition) is 1. The molecule has 1 aromatic heterocycles. The second-order valence-electron chi connectivity index (χ2n) is 8.64. The van der Waals surface area contributed by atoms with E-state index < -0.39 is 28.2 Å². The number of hydrogen-bond acceptors (Lipinski definition) is 7. The lowest BCUT2D eigenvalue weighted by atomic mass is 9.99. The molecule has 202 valence electrons. The number of sulfonamides is 1. The van der Waals surface area contributed by atoms with Gasteiger partial charge in [0.15, 0.2) is 6.23 Å². The van der Waals surface area contributed by atoms with Gasteiger partial charge in [-0.25, -0.2) is 22.6 Å². The van der Waals surface area contributed by atoms with Crippen molar-refractivity contribution in [1.29, 1.82) is 0 Å². The minimum atomic E-state index is -4.14. The zero-order valence-corrected chi connectivity index (χ0v) is 21.3. The molecular weight excluding hydrogens is 529 g/mol. The lowest BCUT2D eigenvalue weighted by Crippen LogP contribution is -2.41. The van der Waals surface area contributed by atoms with Crippen LogP contribution >= 0.6 is 0 Å². The second kappa shape index (κ2) is 11.1. The van der Waals surface area contributed by atoms with Crippen molar-refractivity contribution in [3.8, 4) is 17.2 Å². The lowest BCUT2D eigenvalue weighted by Gasteiger charge is -2.35. The number of imidazole rings is 1. The quantitative estimate of drug-likeness (QED) is 0.293. The van der Waals surface area contributed by atoms with Gasteiger partial charge in [-0.05, 0) is 78.7 Å². The third-order valence-electron chi connectivity index (χ3n) is 6.11. The highest BCUT2D eigenvalue weighted by atomic mass is 32.2. The normalized spacial score (nSPS) is 15.4. The van der Waals surface area contributed by atoms with Gasteiger partial charge in [0.05, 0.1) is 17.8 Å². The molecule has 0 aliphatic carbocycles. The molecule has 10 nitrogen and oxygen atoms in total. The lowest BCUT2D eigenvalue weighted by molar-refractivity contribution is -0.00579. The van der Waals surface area contributed by atoms with Gasteiger partial charge in [0, 0.05) is 24.5 Å². The van der Waals surface area contributed by atoms with Gasteiger partial charge in [-0.2, -0.15) is 4.31 Å². The number of aromatic nitrogens is 2. The summed E-state index contributed by atoms with van der Waals surface area (Å²) < 4.78 is 59.7. The second-order valence-corrected chi connectivity index (χ2v) is 10.5. The standard InChI is InChI=1S/C27H24FN3O7S/c28-20-1-3-21(4-2-20)37-22-5-8-24(9-6-22)39(34,35)31-13-11-19-17-23(36-16-15-30-14-12-29-18-30)7-10-25(19)26(31)38-27(32)33/h1-10,12,14,17-18,26H,11,13,15-16H2,(H,32,33). The van der Waals surface area contributed by atoms with Crippen LogP contribution in [0.15, 0.2) is 90.3 Å². The molecule has 0 fully saturated rings.